The molecular weight excluding hydrogens is 188 g/mol. The molecule has 0 amide bonds. The minimum absolute atomic E-state index is 0.213. The first kappa shape index (κ1) is 12.5. The van der Waals surface area contributed by atoms with E-state index in [0.29, 0.717) is 6.54 Å². The van der Waals surface area contributed by atoms with Crippen LogP contribution in [0.2, 0.25) is 0 Å². The first-order valence-corrected chi connectivity index (χ1v) is 5.82. The molecule has 0 aromatic rings. The van der Waals surface area contributed by atoms with Crippen LogP contribution in [0.25, 0.3) is 0 Å². The van der Waals surface area contributed by atoms with Gasteiger partial charge in [0.05, 0.1) is 17.1 Å². The van der Waals surface area contributed by atoms with Crippen molar-refractivity contribution in [2.45, 2.75) is 51.6 Å². The maximum Gasteiger partial charge on any atom is 0.0771 e. The molecule has 0 aromatic carbocycles. The lowest BCUT2D eigenvalue weighted by atomic mass is 9.80. The van der Waals surface area contributed by atoms with Gasteiger partial charge in [-0.1, -0.05) is 0 Å². The molecule has 0 spiro atoms. The molecule has 0 saturated heterocycles. The van der Waals surface area contributed by atoms with Crippen LogP contribution in [-0.2, 0) is 0 Å². The smallest absolute Gasteiger partial charge is 0.0771 e. The molecule has 0 radical (unpaired) electrons. The SMILES string of the molecule is CC(C)(C#N)CCCNCC1(O)CCC1. The zero-order chi connectivity index (χ0) is 11.4. The quantitative estimate of drug-likeness (QED) is 0.657. The number of nitriles is 1. The van der Waals surface area contributed by atoms with E-state index in [2.05, 4.69) is 11.4 Å². The molecule has 1 saturated carbocycles. The number of rotatable bonds is 6. The number of nitrogens with zero attached hydrogens (tertiary/aromatic N) is 1. The highest BCUT2D eigenvalue weighted by atomic mass is 16.3. The van der Waals surface area contributed by atoms with Crippen LogP contribution >= 0.6 is 0 Å². The summed E-state index contributed by atoms with van der Waals surface area (Å²) in [6.07, 6.45) is 4.93. The Morgan fingerprint density at radius 1 is 1.47 bits per heavy atom. The van der Waals surface area contributed by atoms with Crippen LogP contribution in [0.5, 0.6) is 0 Å². The molecule has 1 aliphatic carbocycles. The monoisotopic (exact) mass is 210 g/mol. The van der Waals surface area contributed by atoms with Crippen molar-refractivity contribution in [1.29, 1.82) is 5.26 Å². The summed E-state index contributed by atoms with van der Waals surface area (Å²) in [5.74, 6) is 0. The third-order valence-electron chi connectivity index (χ3n) is 3.20. The lowest BCUT2D eigenvalue weighted by molar-refractivity contribution is -0.0311. The number of aliphatic hydroxyl groups is 1. The van der Waals surface area contributed by atoms with Gasteiger partial charge in [0.25, 0.3) is 0 Å². The van der Waals surface area contributed by atoms with Crippen LogP contribution < -0.4 is 5.32 Å². The molecule has 2 N–H and O–H groups in total. The second kappa shape index (κ2) is 4.96. The maximum absolute atomic E-state index is 9.80. The fourth-order valence-corrected chi connectivity index (χ4v) is 1.79. The normalized spacial score (nSPS) is 19.3. The summed E-state index contributed by atoms with van der Waals surface area (Å²) in [6.45, 7) is 5.53. The topological polar surface area (TPSA) is 56.0 Å². The number of hydrogen-bond acceptors (Lipinski definition) is 3. The van der Waals surface area contributed by atoms with Crippen molar-refractivity contribution < 1.29 is 5.11 Å². The fourth-order valence-electron chi connectivity index (χ4n) is 1.79. The second-order valence-corrected chi connectivity index (χ2v) is 5.35. The lowest BCUT2D eigenvalue weighted by Crippen LogP contribution is -2.46. The van der Waals surface area contributed by atoms with Gasteiger partial charge in [-0.25, -0.2) is 0 Å². The fraction of sp³-hybridized carbons (Fsp3) is 0.917. The molecule has 3 nitrogen and oxygen atoms in total. The summed E-state index contributed by atoms with van der Waals surface area (Å²) in [7, 11) is 0. The molecule has 1 fully saturated rings. The Hall–Kier alpha value is -0.590. The van der Waals surface area contributed by atoms with Crippen LogP contribution in [0.4, 0.5) is 0 Å². The summed E-state index contributed by atoms with van der Waals surface area (Å²) < 4.78 is 0. The number of hydrogen-bond donors (Lipinski definition) is 2. The molecule has 86 valence electrons. The predicted octanol–water partition coefficient (Wildman–Crippen LogP) is 1.82. The molecule has 0 heterocycles. The highest BCUT2D eigenvalue weighted by molar-refractivity contribution is 4.92. The Morgan fingerprint density at radius 2 is 2.13 bits per heavy atom. The van der Waals surface area contributed by atoms with Gasteiger partial charge in [0.15, 0.2) is 0 Å². The summed E-state index contributed by atoms with van der Waals surface area (Å²) in [4.78, 5) is 0. The first-order chi connectivity index (χ1) is 6.97. The standard InChI is InChI=1S/C12H22N2O/c1-11(2,9-13)5-4-8-14-10-12(15)6-3-7-12/h14-15H,3-8,10H2,1-2H3. The van der Waals surface area contributed by atoms with Gasteiger partial charge in [-0.3, -0.25) is 0 Å². The average molecular weight is 210 g/mol. The van der Waals surface area contributed by atoms with Crippen LogP contribution in [0.15, 0.2) is 0 Å². The molecule has 0 unspecified atom stereocenters. The predicted molar refractivity (Wildman–Crippen MR) is 60.3 cm³/mol. The largest absolute Gasteiger partial charge is 0.389 e. The molecule has 0 atom stereocenters. The molecule has 0 aliphatic heterocycles. The van der Waals surface area contributed by atoms with Gasteiger partial charge in [0.1, 0.15) is 0 Å². The zero-order valence-electron chi connectivity index (χ0n) is 9.84. The van der Waals surface area contributed by atoms with Crippen LogP contribution in [0.1, 0.15) is 46.0 Å². The Kier molecular flexibility index (Phi) is 4.12. The van der Waals surface area contributed by atoms with E-state index in [9.17, 15) is 5.11 Å². The van der Waals surface area contributed by atoms with E-state index >= 15 is 0 Å². The molecule has 3 heteroatoms. The minimum atomic E-state index is -0.426. The molecule has 15 heavy (non-hydrogen) atoms. The van der Waals surface area contributed by atoms with Crippen molar-refractivity contribution in [2.75, 3.05) is 13.1 Å². The van der Waals surface area contributed by atoms with Crippen molar-refractivity contribution >= 4 is 0 Å². The van der Waals surface area contributed by atoms with Crippen LogP contribution in [-0.4, -0.2) is 23.8 Å². The summed E-state index contributed by atoms with van der Waals surface area (Å²) >= 11 is 0. The van der Waals surface area contributed by atoms with Crippen molar-refractivity contribution in [3.8, 4) is 6.07 Å². The van der Waals surface area contributed by atoms with E-state index in [0.717, 1.165) is 38.6 Å². The van der Waals surface area contributed by atoms with E-state index in [1.54, 1.807) is 0 Å². The molecule has 1 aliphatic rings. The van der Waals surface area contributed by atoms with Gasteiger partial charge in [0, 0.05) is 6.54 Å². The van der Waals surface area contributed by atoms with Gasteiger partial charge in [-0.05, 0) is 52.5 Å². The van der Waals surface area contributed by atoms with Gasteiger partial charge in [-0.2, -0.15) is 5.26 Å². The van der Waals surface area contributed by atoms with Crippen molar-refractivity contribution in [2.24, 2.45) is 5.41 Å². The van der Waals surface area contributed by atoms with E-state index in [1.165, 1.54) is 0 Å². The van der Waals surface area contributed by atoms with Crippen LogP contribution in [0, 0.1) is 16.7 Å². The highest BCUT2D eigenvalue weighted by Gasteiger charge is 2.33. The molecule has 0 aromatic heterocycles. The lowest BCUT2D eigenvalue weighted by Gasteiger charge is -2.36. The van der Waals surface area contributed by atoms with Crippen LogP contribution in [0.3, 0.4) is 0 Å². The van der Waals surface area contributed by atoms with E-state index in [1.807, 2.05) is 13.8 Å². The maximum atomic E-state index is 9.80. The molecular formula is C12H22N2O. The third-order valence-corrected chi connectivity index (χ3v) is 3.20. The van der Waals surface area contributed by atoms with Crippen molar-refractivity contribution in [3.05, 3.63) is 0 Å². The highest BCUT2D eigenvalue weighted by Crippen LogP contribution is 2.30. The van der Waals surface area contributed by atoms with Gasteiger partial charge >= 0.3 is 0 Å². The molecule has 1 rings (SSSR count). The molecule has 0 bridgehead atoms. The first-order valence-electron chi connectivity index (χ1n) is 5.82. The van der Waals surface area contributed by atoms with Crippen molar-refractivity contribution in [1.82, 2.24) is 5.32 Å². The summed E-state index contributed by atoms with van der Waals surface area (Å²) in [5, 5.41) is 21.9. The summed E-state index contributed by atoms with van der Waals surface area (Å²) in [5.41, 5.74) is -0.639. The van der Waals surface area contributed by atoms with E-state index in [4.69, 9.17) is 5.26 Å². The van der Waals surface area contributed by atoms with Gasteiger partial charge in [-0.15, -0.1) is 0 Å². The minimum Gasteiger partial charge on any atom is -0.389 e. The third kappa shape index (κ3) is 4.19. The van der Waals surface area contributed by atoms with Gasteiger partial charge in [0.2, 0.25) is 0 Å². The Balaban J connectivity index is 2.00. The Morgan fingerprint density at radius 3 is 2.60 bits per heavy atom. The summed E-state index contributed by atoms with van der Waals surface area (Å²) in [6, 6.07) is 2.29. The zero-order valence-corrected chi connectivity index (χ0v) is 9.84. The average Bonchev–Trinajstić information content (AvgIpc) is 2.14. The van der Waals surface area contributed by atoms with E-state index in [-0.39, 0.29) is 5.41 Å². The Labute approximate surface area is 92.5 Å². The Bertz CT molecular complexity index is 238. The van der Waals surface area contributed by atoms with Crippen molar-refractivity contribution in [3.63, 3.8) is 0 Å². The number of nitrogens with one attached hydrogen (secondary N) is 1. The van der Waals surface area contributed by atoms with E-state index < -0.39 is 5.60 Å². The van der Waals surface area contributed by atoms with Gasteiger partial charge < -0.3 is 10.4 Å². The second-order valence-electron chi connectivity index (χ2n) is 5.35.